The summed E-state index contributed by atoms with van der Waals surface area (Å²) in [7, 11) is 1.37. The fraction of sp³-hybridized carbons (Fsp3) is 0.462. The summed E-state index contributed by atoms with van der Waals surface area (Å²) in [5.74, 6) is -0.307. The highest BCUT2D eigenvalue weighted by Crippen LogP contribution is 2.30. The van der Waals surface area contributed by atoms with E-state index in [2.05, 4.69) is 5.32 Å². The minimum absolute atomic E-state index is 0.00865. The van der Waals surface area contributed by atoms with E-state index in [1.54, 1.807) is 12.1 Å². The van der Waals surface area contributed by atoms with Crippen LogP contribution in [0.3, 0.4) is 0 Å². The molecule has 0 radical (unpaired) electrons. The first-order valence-corrected chi connectivity index (χ1v) is 6.52. The van der Waals surface area contributed by atoms with Crippen LogP contribution < -0.4 is 5.32 Å². The maximum Gasteiger partial charge on any atom is 0.327 e. The van der Waals surface area contributed by atoms with Crippen LogP contribution in [0.15, 0.2) is 18.2 Å². The van der Waals surface area contributed by atoms with E-state index in [9.17, 15) is 9.90 Å². The van der Waals surface area contributed by atoms with E-state index in [1.807, 2.05) is 4.90 Å². The molecule has 5 nitrogen and oxygen atoms in total. The molecule has 1 fully saturated rings. The number of benzene rings is 1. The van der Waals surface area contributed by atoms with Crippen LogP contribution in [0, 0.1) is 0 Å². The molecule has 0 bridgehead atoms. The topological polar surface area (TPSA) is 61.8 Å². The number of halogens is 1. The summed E-state index contributed by atoms with van der Waals surface area (Å²) in [4.78, 5) is 14.1. The van der Waals surface area contributed by atoms with Crippen LogP contribution in [0.1, 0.15) is 11.6 Å². The second kappa shape index (κ2) is 6.23. The number of carbonyl (C=O) groups is 1. The number of hydrogen-bond acceptors (Lipinski definition) is 5. The van der Waals surface area contributed by atoms with Crippen molar-refractivity contribution in [1.82, 2.24) is 10.2 Å². The van der Waals surface area contributed by atoms with Crippen molar-refractivity contribution in [2.24, 2.45) is 0 Å². The number of ether oxygens (including phenoxy) is 1. The summed E-state index contributed by atoms with van der Waals surface area (Å²) < 4.78 is 4.88. The molecule has 6 heteroatoms. The second-order valence-corrected chi connectivity index (χ2v) is 4.83. The van der Waals surface area contributed by atoms with Gasteiger partial charge in [-0.25, -0.2) is 4.79 Å². The van der Waals surface area contributed by atoms with Crippen molar-refractivity contribution in [3.05, 3.63) is 28.8 Å². The number of nitrogens with zero attached hydrogens (tertiary/aromatic N) is 1. The average molecular weight is 285 g/mol. The van der Waals surface area contributed by atoms with Gasteiger partial charge in [-0.15, -0.1) is 0 Å². The number of rotatable bonds is 3. The van der Waals surface area contributed by atoms with E-state index in [1.165, 1.54) is 13.2 Å². The normalized spacial score (nSPS) is 18.0. The standard InChI is InChI=1S/C13H17ClN2O3/c1-19-13(18)12(16-6-4-15-5-7-16)9-2-3-11(17)10(14)8-9/h2-3,8,12,15,17H,4-7H2,1H3. The molecule has 2 rings (SSSR count). The Morgan fingerprint density at radius 1 is 1.47 bits per heavy atom. The van der Waals surface area contributed by atoms with Gasteiger partial charge in [-0.2, -0.15) is 0 Å². The molecule has 0 spiro atoms. The number of hydrogen-bond donors (Lipinski definition) is 2. The zero-order valence-electron chi connectivity index (χ0n) is 10.7. The van der Waals surface area contributed by atoms with Crippen molar-refractivity contribution in [3.8, 4) is 5.75 Å². The summed E-state index contributed by atoms with van der Waals surface area (Å²) in [5.41, 5.74) is 0.733. The molecular weight excluding hydrogens is 268 g/mol. The third-order valence-corrected chi connectivity index (χ3v) is 3.53. The van der Waals surface area contributed by atoms with E-state index in [4.69, 9.17) is 16.3 Å². The van der Waals surface area contributed by atoms with Gasteiger partial charge in [0.1, 0.15) is 11.8 Å². The first-order valence-electron chi connectivity index (χ1n) is 6.14. The molecule has 1 heterocycles. The lowest BCUT2D eigenvalue weighted by atomic mass is 10.0. The molecule has 104 valence electrons. The Morgan fingerprint density at radius 2 is 2.16 bits per heavy atom. The number of carbonyl (C=O) groups excluding carboxylic acids is 1. The molecule has 1 atom stereocenters. The van der Waals surface area contributed by atoms with Crippen molar-refractivity contribution < 1.29 is 14.6 Å². The molecule has 1 aromatic carbocycles. The molecule has 19 heavy (non-hydrogen) atoms. The second-order valence-electron chi connectivity index (χ2n) is 4.42. The molecule has 2 N–H and O–H groups in total. The highest BCUT2D eigenvalue weighted by molar-refractivity contribution is 6.32. The van der Waals surface area contributed by atoms with Crippen LogP contribution in [-0.4, -0.2) is 49.3 Å². The van der Waals surface area contributed by atoms with Gasteiger partial charge in [0.25, 0.3) is 0 Å². The van der Waals surface area contributed by atoms with Crippen LogP contribution in [0.5, 0.6) is 5.75 Å². The van der Waals surface area contributed by atoms with Crippen molar-refractivity contribution >= 4 is 17.6 Å². The largest absolute Gasteiger partial charge is 0.506 e. The number of esters is 1. The Labute approximate surface area is 117 Å². The molecule has 0 saturated carbocycles. The van der Waals surface area contributed by atoms with Crippen LogP contribution >= 0.6 is 11.6 Å². The SMILES string of the molecule is COC(=O)C(c1ccc(O)c(Cl)c1)N1CCNCC1. The van der Waals surface area contributed by atoms with Crippen molar-refractivity contribution in [1.29, 1.82) is 0 Å². The minimum atomic E-state index is -0.481. The molecule has 0 aliphatic carbocycles. The van der Waals surface area contributed by atoms with E-state index in [-0.39, 0.29) is 16.7 Å². The third kappa shape index (κ3) is 3.18. The molecule has 1 saturated heterocycles. The molecule has 1 unspecified atom stereocenters. The van der Waals surface area contributed by atoms with Crippen molar-refractivity contribution in [3.63, 3.8) is 0 Å². The summed E-state index contributed by atoms with van der Waals surface area (Å²) in [6, 6.07) is 4.33. The number of phenolic OH excluding ortho intramolecular Hbond substituents is 1. The number of piperazine rings is 1. The van der Waals surface area contributed by atoms with E-state index in [0.717, 1.165) is 31.7 Å². The third-order valence-electron chi connectivity index (χ3n) is 3.23. The minimum Gasteiger partial charge on any atom is -0.506 e. The Bertz CT molecular complexity index is 461. The number of aromatic hydroxyl groups is 1. The van der Waals surface area contributed by atoms with Gasteiger partial charge in [0, 0.05) is 26.2 Å². The smallest absolute Gasteiger partial charge is 0.327 e. The molecule has 1 aliphatic rings. The zero-order valence-corrected chi connectivity index (χ0v) is 11.5. The van der Waals surface area contributed by atoms with E-state index < -0.39 is 6.04 Å². The maximum absolute atomic E-state index is 12.0. The number of nitrogens with one attached hydrogen (secondary N) is 1. The first-order chi connectivity index (χ1) is 9.13. The summed E-state index contributed by atoms with van der Waals surface area (Å²) >= 11 is 5.91. The summed E-state index contributed by atoms with van der Waals surface area (Å²) in [5, 5.41) is 12.9. The Hall–Kier alpha value is -1.30. The monoisotopic (exact) mass is 284 g/mol. The first kappa shape index (κ1) is 14.1. The van der Waals surface area contributed by atoms with Gasteiger partial charge in [0.05, 0.1) is 12.1 Å². The maximum atomic E-state index is 12.0. The highest BCUT2D eigenvalue weighted by Gasteiger charge is 2.29. The summed E-state index contributed by atoms with van der Waals surface area (Å²) in [6.07, 6.45) is 0. The molecule has 1 aromatic rings. The Kier molecular flexibility index (Phi) is 4.63. The van der Waals surface area contributed by atoms with Crippen LogP contribution in [0.2, 0.25) is 5.02 Å². The van der Waals surface area contributed by atoms with E-state index >= 15 is 0 Å². The number of phenols is 1. The lowest BCUT2D eigenvalue weighted by Crippen LogP contribution is -2.47. The Balaban J connectivity index is 2.30. The van der Waals surface area contributed by atoms with Gasteiger partial charge in [0.15, 0.2) is 0 Å². The van der Waals surface area contributed by atoms with Gasteiger partial charge >= 0.3 is 5.97 Å². The van der Waals surface area contributed by atoms with Crippen LogP contribution in [0.4, 0.5) is 0 Å². The molecular formula is C13H17ClN2O3. The lowest BCUT2D eigenvalue weighted by Gasteiger charge is -2.33. The van der Waals surface area contributed by atoms with Gasteiger partial charge in [-0.1, -0.05) is 17.7 Å². The predicted octanol–water partition coefficient (Wildman–Crippen LogP) is 1.16. The van der Waals surface area contributed by atoms with Crippen molar-refractivity contribution in [2.45, 2.75) is 6.04 Å². The zero-order chi connectivity index (χ0) is 13.8. The fourth-order valence-electron chi connectivity index (χ4n) is 2.24. The van der Waals surface area contributed by atoms with E-state index in [0.29, 0.717) is 0 Å². The Morgan fingerprint density at radius 3 is 2.74 bits per heavy atom. The van der Waals surface area contributed by atoms with Crippen LogP contribution in [-0.2, 0) is 9.53 Å². The average Bonchev–Trinajstić information content (AvgIpc) is 2.44. The van der Waals surface area contributed by atoms with Gasteiger partial charge < -0.3 is 15.2 Å². The summed E-state index contributed by atoms with van der Waals surface area (Å²) in [6.45, 7) is 3.19. The van der Waals surface area contributed by atoms with Gasteiger partial charge in [-0.05, 0) is 17.7 Å². The lowest BCUT2D eigenvalue weighted by molar-refractivity contribution is -0.147. The quantitative estimate of drug-likeness (QED) is 0.816. The van der Waals surface area contributed by atoms with Gasteiger partial charge in [0.2, 0.25) is 0 Å². The molecule has 1 aliphatic heterocycles. The van der Waals surface area contributed by atoms with Gasteiger partial charge in [-0.3, -0.25) is 4.90 Å². The highest BCUT2D eigenvalue weighted by atomic mass is 35.5. The predicted molar refractivity (Wildman–Crippen MR) is 72.3 cm³/mol. The number of methoxy groups -OCH3 is 1. The molecule has 0 aromatic heterocycles. The fourth-order valence-corrected chi connectivity index (χ4v) is 2.43. The molecule has 0 amide bonds. The van der Waals surface area contributed by atoms with Crippen molar-refractivity contribution in [2.75, 3.05) is 33.3 Å². The van der Waals surface area contributed by atoms with Crippen LogP contribution in [0.25, 0.3) is 0 Å².